The second-order valence-electron chi connectivity index (χ2n) is 2.19. The number of aryl methyl sites for hydroxylation is 1. The molecule has 1 aromatic rings. The predicted molar refractivity (Wildman–Crippen MR) is 49.8 cm³/mol. The average molecular weight is 181 g/mol. The van der Waals surface area contributed by atoms with Gasteiger partial charge in [0.2, 0.25) is 0 Å². The van der Waals surface area contributed by atoms with Gasteiger partial charge in [0.05, 0.1) is 0 Å². The molecule has 12 heavy (non-hydrogen) atoms. The Kier molecular flexibility index (Phi) is 3.68. The maximum absolute atomic E-state index is 4.08. The third-order valence-electron chi connectivity index (χ3n) is 1.30. The molecular formula is C8H11N3S. The van der Waals surface area contributed by atoms with Crippen LogP contribution in [0, 0.1) is 11.8 Å². The summed E-state index contributed by atoms with van der Waals surface area (Å²) >= 11 is 1.68. The van der Waals surface area contributed by atoms with Crippen LogP contribution in [0.4, 0.5) is 0 Å². The Morgan fingerprint density at radius 3 is 3.08 bits per heavy atom. The predicted octanol–water partition coefficient (Wildman–Crippen LogP) is 1.32. The van der Waals surface area contributed by atoms with Crippen molar-refractivity contribution in [1.29, 1.82) is 0 Å². The Morgan fingerprint density at radius 1 is 1.67 bits per heavy atom. The fourth-order valence-electron chi connectivity index (χ4n) is 0.735. The van der Waals surface area contributed by atoms with E-state index in [1.165, 1.54) is 0 Å². The Labute approximate surface area is 76.6 Å². The molecule has 0 saturated heterocycles. The highest BCUT2D eigenvalue weighted by molar-refractivity contribution is 7.99. The van der Waals surface area contributed by atoms with E-state index >= 15 is 0 Å². The van der Waals surface area contributed by atoms with Crippen LogP contribution in [-0.4, -0.2) is 20.5 Å². The largest absolute Gasteiger partial charge is 0.244 e. The number of nitrogens with zero attached hydrogens (tertiary/aromatic N) is 3. The minimum absolute atomic E-state index is 0.911. The second kappa shape index (κ2) is 4.83. The van der Waals surface area contributed by atoms with E-state index in [9.17, 15) is 0 Å². The highest BCUT2D eigenvalue weighted by Crippen LogP contribution is 2.13. The van der Waals surface area contributed by atoms with E-state index in [-0.39, 0.29) is 0 Å². The minimum Gasteiger partial charge on any atom is -0.244 e. The van der Waals surface area contributed by atoms with Crippen molar-refractivity contribution in [1.82, 2.24) is 14.8 Å². The van der Waals surface area contributed by atoms with Gasteiger partial charge in [0.15, 0.2) is 5.16 Å². The number of hydrogen-bond acceptors (Lipinski definition) is 3. The first-order valence-corrected chi connectivity index (χ1v) is 4.69. The van der Waals surface area contributed by atoms with Gasteiger partial charge in [0.1, 0.15) is 6.33 Å². The first kappa shape index (κ1) is 9.14. The standard InChI is InChI=1S/C8H11N3S/c1-3-4-5-6-12-8-9-7-10-11(8)2/h7H,5-6H2,1-2H3. The van der Waals surface area contributed by atoms with E-state index < -0.39 is 0 Å². The topological polar surface area (TPSA) is 30.7 Å². The summed E-state index contributed by atoms with van der Waals surface area (Å²) in [6, 6.07) is 0. The summed E-state index contributed by atoms with van der Waals surface area (Å²) in [5, 5.41) is 4.92. The monoisotopic (exact) mass is 181 g/mol. The van der Waals surface area contributed by atoms with Gasteiger partial charge in [-0.05, 0) is 6.92 Å². The van der Waals surface area contributed by atoms with Crippen molar-refractivity contribution in [2.75, 3.05) is 5.75 Å². The van der Waals surface area contributed by atoms with E-state index in [0.717, 1.165) is 17.3 Å². The molecule has 0 aliphatic heterocycles. The third-order valence-corrected chi connectivity index (χ3v) is 2.34. The third kappa shape index (κ3) is 2.59. The summed E-state index contributed by atoms with van der Waals surface area (Å²) in [6.45, 7) is 1.85. The smallest absolute Gasteiger partial charge is 0.185 e. The van der Waals surface area contributed by atoms with Crippen molar-refractivity contribution < 1.29 is 0 Å². The Balaban J connectivity index is 2.32. The van der Waals surface area contributed by atoms with Gasteiger partial charge >= 0.3 is 0 Å². The van der Waals surface area contributed by atoms with Gasteiger partial charge in [-0.15, -0.1) is 11.8 Å². The zero-order chi connectivity index (χ0) is 8.81. The van der Waals surface area contributed by atoms with Crippen molar-refractivity contribution in [2.45, 2.75) is 18.5 Å². The molecule has 0 bridgehead atoms. The minimum atomic E-state index is 0.911. The summed E-state index contributed by atoms with van der Waals surface area (Å²) in [7, 11) is 1.89. The van der Waals surface area contributed by atoms with E-state index in [1.54, 1.807) is 22.8 Å². The number of aromatic nitrogens is 3. The zero-order valence-corrected chi connectivity index (χ0v) is 8.06. The summed E-state index contributed by atoms with van der Waals surface area (Å²) in [5.74, 6) is 6.84. The van der Waals surface area contributed by atoms with Crippen LogP contribution in [0.25, 0.3) is 0 Å². The van der Waals surface area contributed by atoms with Crippen molar-refractivity contribution in [3.05, 3.63) is 6.33 Å². The van der Waals surface area contributed by atoms with Gasteiger partial charge in [0.25, 0.3) is 0 Å². The summed E-state index contributed by atoms with van der Waals surface area (Å²) in [5.41, 5.74) is 0. The molecule has 1 aromatic heterocycles. The Bertz CT molecular complexity index is 295. The summed E-state index contributed by atoms with van der Waals surface area (Å²) in [4.78, 5) is 4.08. The number of rotatable bonds is 3. The molecule has 0 unspecified atom stereocenters. The molecule has 1 rings (SSSR count). The number of thioether (sulfide) groups is 1. The lowest BCUT2D eigenvalue weighted by Crippen LogP contribution is -1.93. The lowest BCUT2D eigenvalue weighted by atomic mass is 10.5. The van der Waals surface area contributed by atoms with E-state index in [4.69, 9.17) is 0 Å². The quantitative estimate of drug-likeness (QED) is 0.400. The van der Waals surface area contributed by atoms with Crippen LogP contribution < -0.4 is 0 Å². The molecule has 0 spiro atoms. The van der Waals surface area contributed by atoms with E-state index in [2.05, 4.69) is 21.9 Å². The van der Waals surface area contributed by atoms with E-state index in [0.29, 0.717) is 0 Å². The molecule has 1 heterocycles. The SMILES string of the molecule is CC#CCCSc1ncnn1C. The molecule has 0 saturated carbocycles. The molecule has 4 heteroatoms. The highest BCUT2D eigenvalue weighted by Gasteiger charge is 1.98. The summed E-state index contributed by atoms with van der Waals surface area (Å²) < 4.78 is 1.77. The first-order valence-electron chi connectivity index (χ1n) is 3.71. The molecular weight excluding hydrogens is 170 g/mol. The molecule has 64 valence electrons. The van der Waals surface area contributed by atoms with Gasteiger partial charge in [-0.1, -0.05) is 11.8 Å². The van der Waals surface area contributed by atoms with Gasteiger partial charge in [-0.3, -0.25) is 0 Å². The van der Waals surface area contributed by atoms with Crippen LogP contribution in [0.1, 0.15) is 13.3 Å². The van der Waals surface area contributed by atoms with Gasteiger partial charge < -0.3 is 0 Å². The van der Waals surface area contributed by atoms with E-state index in [1.807, 2.05) is 14.0 Å². The molecule has 0 atom stereocenters. The molecule has 0 amide bonds. The maximum atomic E-state index is 4.08. The lowest BCUT2D eigenvalue weighted by molar-refractivity contribution is 0.685. The van der Waals surface area contributed by atoms with Crippen LogP contribution in [-0.2, 0) is 7.05 Å². The molecule has 0 aliphatic carbocycles. The Morgan fingerprint density at radius 2 is 2.50 bits per heavy atom. The van der Waals surface area contributed by atoms with Crippen molar-refractivity contribution >= 4 is 11.8 Å². The summed E-state index contributed by atoms with van der Waals surface area (Å²) in [6.07, 6.45) is 2.47. The van der Waals surface area contributed by atoms with Gasteiger partial charge in [-0.2, -0.15) is 5.10 Å². The fourth-order valence-corrected chi connectivity index (χ4v) is 1.48. The molecule has 0 N–H and O–H groups in total. The average Bonchev–Trinajstić information content (AvgIpc) is 2.46. The van der Waals surface area contributed by atoms with Gasteiger partial charge in [0, 0.05) is 19.2 Å². The molecule has 0 aliphatic rings. The lowest BCUT2D eigenvalue weighted by Gasteiger charge is -1.95. The van der Waals surface area contributed by atoms with Crippen LogP contribution in [0.2, 0.25) is 0 Å². The van der Waals surface area contributed by atoms with Crippen molar-refractivity contribution in [3.8, 4) is 11.8 Å². The van der Waals surface area contributed by atoms with Crippen LogP contribution in [0.3, 0.4) is 0 Å². The first-order chi connectivity index (χ1) is 5.84. The zero-order valence-electron chi connectivity index (χ0n) is 7.24. The van der Waals surface area contributed by atoms with Crippen molar-refractivity contribution in [3.63, 3.8) is 0 Å². The van der Waals surface area contributed by atoms with Gasteiger partial charge in [-0.25, -0.2) is 9.67 Å². The molecule has 0 radical (unpaired) electrons. The van der Waals surface area contributed by atoms with Crippen LogP contribution in [0.15, 0.2) is 11.5 Å². The normalized spacial score (nSPS) is 9.17. The Hall–Kier alpha value is -0.950. The number of hydrogen-bond donors (Lipinski definition) is 0. The maximum Gasteiger partial charge on any atom is 0.185 e. The second-order valence-corrected chi connectivity index (χ2v) is 3.25. The van der Waals surface area contributed by atoms with Crippen LogP contribution in [0.5, 0.6) is 0 Å². The molecule has 3 nitrogen and oxygen atoms in total. The fraction of sp³-hybridized carbons (Fsp3) is 0.500. The highest BCUT2D eigenvalue weighted by atomic mass is 32.2. The molecule has 0 aromatic carbocycles. The van der Waals surface area contributed by atoms with Crippen molar-refractivity contribution in [2.24, 2.45) is 7.05 Å². The van der Waals surface area contributed by atoms with Crippen LogP contribution >= 0.6 is 11.8 Å². The molecule has 0 fully saturated rings.